The molecule has 0 amide bonds. The third-order valence-electron chi connectivity index (χ3n) is 1.51. The zero-order valence-electron chi connectivity index (χ0n) is 8.25. The van der Waals surface area contributed by atoms with Gasteiger partial charge in [-0.2, -0.15) is 0 Å². The first-order chi connectivity index (χ1) is 6.99. The van der Waals surface area contributed by atoms with E-state index in [1.165, 1.54) is 0 Å². The molecule has 5 nitrogen and oxygen atoms in total. The fourth-order valence-corrected chi connectivity index (χ4v) is 1.68. The van der Waals surface area contributed by atoms with E-state index in [1.54, 1.807) is 12.1 Å². The molecule has 1 unspecified atom stereocenters. The van der Waals surface area contributed by atoms with Gasteiger partial charge in [0.2, 0.25) is 0 Å². The van der Waals surface area contributed by atoms with E-state index < -0.39 is 13.7 Å². The molecule has 1 aromatic carbocycles. The third-order valence-corrected chi connectivity index (χ3v) is 2.51. The van der Waals surface area contributed by atoms with Crippen molar-refractivity contribution in [2.24, 2.45) is 5.50 Å². The van der Waals surface area contributed by atoms with Gasteiger partial charge < -0.3 is 4.52 Å². The largest absolute Gasteiger partial charge is 0.458 e. The van der Waals surface area contributed by atoms with Crippen LogP contribution >= 0.6 is 7.75 Å². The maximum atomic E-state index is 11.3. The van der Waals surface area contributed by atoms with E-state index in [0.29, 0.717) is 0 Å². The molecule has 1 atom stereocenters. The molecule has 0 radical (unpaired) electrons. The van der Waals surface area contributed by atoms with Crippen molar-refractivity contribution in [3.8, 4) is 0 Å². The summed E-state index contributed by atoms with van der Waals surface area (Å²) in [5, 5.41) is 0. The highest BCUT2D eigenvalue weighted by atomic mass is 31.2. The van der Waals surface area contributed by atoms with Crippen molar-refractivity contribution in [1.29, 1.82) is 0 Å². The van der Waals surface area contributed by atoms with Gasteiger partial charge in [-0.25, -0.2) is 10.1 Å². The van der Waals surface area contributed by atoms with Crippen molar-refractivity contribution >= 4 is 13.7 Å². The predicted molar refractivity (Wildman–Crippen MR) is 54.8 cm³/mol. The highest BCUT2D eigenvalue weighted by Gasteiger charge is 2.21. The molecule has 1 rings (SSSR count). The van der Waals surface area contributed by atoms with Crippen molar-refractivity contribution in [2.45, 2.75) is 13.5 Å². The molecule has 2 N–H and O–H groups in total. The van der Waals surface area contributed by atoms with Gasteiger partial charge in [0, 0.05) is 6.92 Å². The number of hydrogen-bond acceptors (Lipinski definition) is 4. The Morgan fingerprint density at radius 3 is 2.53 bits per heavy atom. The normalized spacial score (nSPS) is 14.3. The van der Waals surface area contributed by atoms with E-state index in [9.17, 15) is 9.36 Å². The van der Waals surface area contributed by atoms with E-state index in [1.807, 2.05) is 18.2 Å². The first-order valence-electron chi connectivity index (χ1n) is 4.27. The Bertz CT molecular complexity index is 379. The van der Waals surface area contributed by atoms with Crippen LogP contribution in [0, 0.1) is 0 Å². The molecule has 0 spiro atoms. The van der Waals surface area contributed by atoms with Crippen LogP contribution in [0.4, 0.5) is 0 Å². The van der Waals surface area contributed by atoms with Crippen LogP contribution in [0.3, 0.4) is 0 Å². The van der Waals surface area contributed by atoms with E-state index in [4.69, 9.17) is 10.0 Å². The molecule has 1 aromatic rings. The van der Waals surface area contributed by atoms with Crippen molar-refractivity contribution < 1.29 is 18.4 Å². The topological polar surface area (TPSA) is 78.6 Å². The molecule has 0 saturated heterocycles. The fraction of sp³-hybridized carbons (Fsp3) is 0.222. The van der Waals surface area contributed by atoms with E-state index in [0.717, 1.165) is 12.5 Å². The van der Waals surface area contributed by atoms with Crippen LogP contribution in [0.15, 0.2) is 30.3 Å². The second-order valence-electron chi connectivity index (χ2n) is 2.88. The van der Waals surface area contributed by atoms with Crippen molar-refractivity contribution in [1.82, 2.24) is 0 Å². The SMILES string of the molecule is CC(=O)OP(N)(=O)OCc1ccccc1. The van der Waals surface area contributed by atoms with E-state index >= 15 is 0 Å². The lowest BCUT2D eigenvalue weighted by atomic mass is 10.2. The number of hydrogen-bond donors (Lipinski definition) is 1. The minimum absolute atomic E-state index is 0.0435. The predicted octanol–water partition coefficient (Wildman–Crippen LogP) is 1.83. The molecule has 0 aliphatic rings. The van der Waals surface area contributed by atoms with E-state index in [2.05, 4.69) is 4.52 Å². The Morgan fingerprint density at radius 2 is 2.00 bits per heavy atom. The monoisotopic (exact) mass is 229 g/mol. The summed E-state index contributed by atoms with van der Waals surface area (Å²) in [6, 6.07) is 9.04. The Balaban J connectivity index is 2.50. The minimum Gasteiger partial charge on any atom is -0.380 e. The molecular formula is C9H12NO4P. The van der Waals surface area contributed by atoms with Crippen LogP contribution < -0.4 is 5.50 Å². The number of nitrogens with two attached hydrogens (primary N) is 1. The quantitative estimate of drug-likeness (QED) is 0.797. The molecule has 0 heterocycles. The Labute approximate surface area is 87.8 Å². The van der Waals surface area contributed by atoms with Crippen molar-refractivity contribution in [3.05, 3.63) is 35.9 Å². The van der Waals surface area contributed by atoms with Crippen molar-refractivity contribution in [3.63, 3.8) is 0 Å². The van der Waals surface area contributed by atoms with Gasteiger partial charge in [-0.15, -0.1) is 0 Å². The highest BCUT2D eigenvalue weighted by Crippen LogP contribution is 2.39. The molecule has 82 valence electrons. The molecular weight excluding hydrogens is 217 g/mol. The van der Waals surface area contributed by atoms with Crippen LogP contribution in [0.5, 0.6) is 0 Å². The fourth-order valence-electron chi connectivity index (χ4n) is 0.944. The lowest BCUT2D eigenvalue weighted by Gasteiger charge is -2.11. The molecule has 0 bridgehead atoms. The summed E-state index contributed by atoms with van der Waals surface area (Å²) >= 11 is 0. The smallest absolute Gasteiger partial charge is 0.380 e. The van der Waals surface area contributed by atoms with Gasteiger partial charge >= 0.3 is 13.7 Å². The van der Waals surface area contributed by atoms with Crippen LogP contribution in [0.25, 0.3) is 0 Å². The molecule has 0 aliphatic carbocycles. The van der Waals surface area contributed by atoms with Gasteiger partial charge in [0.25, 0.3) is 0 Å². The number of carbonyl (C=O) groups excluding carboxylic acids is 1. The number of rotatable bonds is 4. The van der Waals surface area contributed by atoms with Gasteiger partial charge in [0.1, 0.15) is 0 Å². The Kier molecular flexibility index (Phi) is 4.03. The molecule has 0 aromatic heterocycles. The average Bonchev–Trinajstić information content (AvgIpc) is 2.15. The summed E-state index contributed by atoms with van der Waals surface area (Å²) in [5.74, 6) is -0.728. The Morgan fingerprint density at radius 1 is 1.40 bits per heavy atom. The molecule has 6 heteroatoms. The Hall–Kier alpha value is -1.16. The molecule has 0 fully saturated rings. The molecule has 0 aliphatic heterocycles. The first-order valence-corrected chi connectivity index (χ1v) is 5.88. The van der Waals surface area contributed by atoms with Crippen LogP contribution in [0.2, 0.25) is 0 Å². The van der Waals surface area contributed by atoms with Gasteiger partial charge in [-0.05, 0) is 5.56 Å². The number of benzene rings is 1. The summed E-state index contributed by atoms with van der Waals surface area (Å²) in [6.45, 7) is 1.16. The molecule has 15 heavy (non-hydrogen) atoms. The van der Waals surface area contributed by atoms with Gasteiger partial charge in [0.15, 0.2) is 0 Å². The summed E-state index contributed by atoms with van der Waals surface area (Å²) in [6.07, 6.45) is 0. The van der Waals surface area contributed by atoms with Crippen molar-refractivity contribution in [2.75, 3.05) is 0 Å². The zero-order valence-corrected chi connectivity index (χ0v) is 9.15. The second kappa shape index (κ2) is 5.07. The lowest BCUT2D eigenvalue weighted by Crippen LogP contribution is -2.07. The van der Waals surface area contributed by atoms with Crippen LogP contribution in [0.1, 0.15) is 12.5 Å². The van der Waals surface area contributed by atoms with E-state index in [-0.39, 0.29) is 6.61 Å². The highest BCUT2D eigenvalue weighted by molar-refractivity contribution is 7.51. The second-order valence-corrected chi connectivity index (χ2v) is 4.40. The maximum absolute atomic E-state index is 11.3. The number of carbonyl (C=O) groups is 1. The molecule has 0 saturated carbocycles. The first kappa shape index (κ1) is 11.9. The summed E-state index contributed by atoms with van der Waals surface area (Å²) in [4.78, 5) is 10.5. The zero-order chi connectivity index (χ0) is 11.3. The van der Waals surface area contributed by atoms with Crippen LogP contribution in [-0.4, -0.2) is 5.97 Å². The maximum Gasteiger partial charge on any atom is 0.458 e. The lowest BCUT2D eigenvalue weighted by molar-refractivity contribution is -0.132. The summed E-state index contributed by atoms with van der Waals surface area (Å²) in [5.41, 5.74) is 5.96. The van der Waals surface area contributed by atoms with Gasteiger partial charge in [-0.1, -0.05) is 30.3 Å². The standard InChI is InChI=1S/C9H12NO4P/c1-8(11)14-15(10,12)13-7-9-5-3-2-4-6-9/h2-6H,7H2,1H3,(H2,10,12). The minimum atomic E-state index is -3.76. The van der Waals surface area contributed by atoms with Gasteiger partial charge in [0.05, 0.1) is 6.61 Å². The summed E-state index contributed by atoms with van der Waals surface area (Å²) in [7, 11) is -3.76. The van der Waals surface area contributed by atoms with Crippen LogP contribution in [-0.2, 0) is 25.0 Å². The third kappa shape index (κ3) is 4.74. The van der Waals surface area contributed by atoms with Gasteiger partial charge in [-0.3, -0.25) is 9.32 Å². The summed E-state index contributed by atoms with van der Waals surface area (Å²) < 4.78 is 20.5. The average molecular weight is 229 g/mol.